The summed E-state index contributed by atoms with van der Waals surface area (Å²) >= 11 is 1.56. The first kappa shape index (κ1) is 9.99. The van der Waals surface area contributed by atoms with Crippen molar-refractivity contribution in [3.05, 3.63) is 70.5 Å². The van der Waals surface area contributed by atoms with E-state index in [1.165, 1.54) is 0 Å². The molecule has 1 heterocycles. The average molecular weight is 214 g/mol. The van der Waals surface area contributed by atoms with Crippen molar-refractivity contribution in [2.75, 3.05) is 0 Å². The largest absolute Gasteiger partial charge is 0.289 e. The third-order valence-corrected chi connectivity index (χ3v) is 2.81. The van der Waals surface area contributed by atoms with Gasteiger partial charge in [-0.15, -0.1) is 0 Å². The van der Waals surface area contributed by atoms with Crippen LogP contribution in [0, 0.1) is 0 Å². The molecule has 0 atom stereocenters. The molecule has 1 nitrogen and oxygen atoms in total. The van der Waals surface area contributed by atoms with Gasteiger partial charge in [0.15, 0.2) is 5.78 Å². The van der Waals surface area contributed by atoms with Crippen molar-refractivity contribution in [1.82, 2.24) is 0 Å². The van der Waals surface area contributed by atoms with E-state index in [-0.39, 0.29) is 5.78 Å². The molecule has 0 amide bonds. The lowest BCUT2D eigenvalue weighted by atomic mass is 10.1. The van der Waals surface area contributed by atoms with E-state index in [0.717, 1.165) is 10.5 Å². The fraction of sp³-hybridized carbons (Fsp3) is 0. The molecule has 0 radical (unpaired) electrons. The maximum Gasteiger partial charge on any atom is 0.186 e. The van der Waals surface area contributed by atoms with Gasteiger partial charge in [0.25, 0.3) is 0 Å². The van der Waals surface area contributed by atoms with E-state index in [2.05, 4.69) is 0 Å². The quantitative estimate of drug-likeness (QED) is 0.553. The molecular weight excluding hydrogens is 204 g/mol. The Morgan fingerprint density at radius 3 is 2.60 bits per heavy atom. The molecule has 0 saturated carbocycles. The van der Waals surface area contributed by atoms with Gasteiger partial charge in [0.2, 0.25) is 0 Å². The number of ketones is 1. The highest BCUT2D eigenvalue weighted by atomic mass is 32.2. The summed E-state index contributed by atoms with van der Waals surface area (Å²) < 4.78 is 0. The molecule has 1 aromatic carbocycles. The van der Waals surface area contributed by atoms with Crippen molar-refractivity contribution in [2.45, 2.75) is 0 Å². The van der Waals surface area contributed by atoms with E-state index in [9.17, 15) is 4.79 Å². The molecule has 1 aliphatic rings. The van der Waals surface area contributed by atoms with Crippen LogP contribution in [0.25, 0.3) is 0 Å². The Labute approximate surface area is 93.2 Å². The van der Waals surface area contributed by atoms with Gasteiger partial charge in [0, 0.05) is 10.5 Å². The van der Waals surface area contributed by atoms with E-state index < -0.39 is 0 Å². The van der Waals surface area contributed by atoms with Crippen molar-refractivity contribution in [3.63, 3.8) is 0 Å². The molecule has 0 fully saturated rings. The van der Waals surface area contributed by atoms with Gasteiger partial charge in [0.1, 0.15) is 0 Å². The summed E-state index contributed by atoms with van der Waals surface area (Å²) in [7, 11) is 0. The second kappa shape index (κ2) is 4.80. The van der Waals surface area contributed by atoms with Gasteiger partial charge in [-0.1, -0.05) is 54.2 Å². The van der Waals surface area contributed by atoms with Gasteiger partial charge in [-0.3, -0.25) is 4.79 Å². The van der Waals surface area contributed by atoms with Crippen LogP contribution in [0.2, 0.25) is 0 Å². The number of rotatable bonds is 2. The highest BCUT2D eigenvalue weighted by Crippen LogP contribution is 2.22. The first-order valence-corrected chi connectivity index (χ1v) is 5.55. The highest BCUT2D eigenvalue weighted by Gasteiger charge is 2.03. The Morgan fingerprint density at radius 2 is 1.93 bits per heavy atom. The molecule has 0 saturated heterocycles. The minimum Gasteiger partial charge on any atom is -0.289 e. The van der Waals surface area contributed by atoms with Gasteiger partial charge in [-0.2, -0.15) is 0 Å². The van der Waals surface area contributed by atoms with E-state index in [1.807, 2.05) is 54.0 Å². The van der Waals surface area contributed by atoms with Crippen molar-refractivity contribution in [3.8, 4) is 0 Å². The van der Waals surface area contributed by atoms with E-state index >= 15 is 0 Å². The SMILES string of the molecule is O=C(C=C1C=CC=CS1)c1ccccc1. The number of hydrogen-bond acceptors (Lipinski definition) is 2. The summed E-state index contributed by atoms with van der Waals surface area (Å²) in [5.41, 5.74) is 0.730. The van der Waals surface area contributed by atoms with Crippen molar-refractivity contribution >= 4 is 17.5 Å². The predicted molar refractivity (Wildman–Crippen MR) is 64.7 cm³/mol. The molecule has 0 aromatic heterocycles. The molecular formula is C13H10OS. The second-order valence-corrected chi connectivity index (χ2v) is 4.06. The van der Waals surface area contributed by atoms with Crippen LogP contribution >= 0.6 is 11.8 Å². The minimum atomic E-state index is 0.0538. The first-order valence-electron chi connectivity index (χ1n) is 4.67. The molecule has 0 unspecified atom stereocenters. The molecule has 15 heavy (non-hydrogen) atoms. The monoisotopic (exact) mass is 214 g/mol. The summed E-state index contributed by atoms with van der Waals surface area (Å²) in [4.78, 5) is 12.7. The highest BCUT2D eigenvalue weighted by molar-refractivity contribution is 8.06. The molecule has 0 N–H and O–H groups in total. The molecule has 1 aliphatic heterocycles. The van der Waals surface area contributed by atoms with E-state index in [0.29, 0.717) is 0 Å². The Kier molecular flexibility index (Phi) is 3.20. The fourth-order valence-electron chi connectivity index (χ4n) is 1.25. The maximum atomic E-state index is 11.8. The maximum absolute atomic E-state index is 11.8. The number of hydrogen-bond donors (Lipinski definition) is 0. The molecule has 0 bridgehead atoms. The minimum absolute atomic E-state index is 0.0538. The van der Waals surface area contributed by atoms with E-state index in [4.69, 9.17) is 0 Å². The fourth-order valence-corrected chi connectivity index (χ4v) is 1.91. The Morgan fingerprint density at radius 1 is 1.13 bits per heavy atom. The van der Waals surface area contributed by atoms with Crippen LogP contribution in [-0.2, 0) is 0 Å². The summed E-state index contributed by atoms with van der Waals surface area (Å²) in [6, 6.07) is 9.30. The lowest BCUT2D eigenvalue weighted by molar-refractivity contribution is 0.104. The van der Waals surface area contributed by atoms with E-state index in [1.54, 1.807) is 17.8 Å². The summed E-state index contributed by atoms with van der Waals surface area (Å²) in [6.45, 7) is 0. The second-order valence-electron chi connectivity index (χ2n) is 3.08. The summed E-state index contributed by atoms with van der Waals surface area (Å²) in [6.07, 6.45) is 7.49. The lowest BCUT2D eigenvalue weighted by Gasteiger charge is -2.00. The number of allylic oxidation sites excluding steroid dienone is 4. The molecule has 2 heteroatoms. The molecule has 0 aliphatic carbocycles. The summed E-state index contributed by atoms with van der Waals surface area (Å²) in [5, 5.41) is 1.96. The van der Waals surface area contributed by atoms with Crippen LogP contribution in [0.4, 0.5) is 0 Å². The van der Waals surface area contributed by atoms with Gasteiger partial charge < -0.3 is 0 Å². The standard InChI is InChI=1S/C13H10OS/c14-13(11-6-2-1-3-7-11)10-12-8-4-5-9-15-12/h1-10H. The normalized spacial score (nSPS) is 16.9. The topological polar surface area (TPSA) is 17.1 Å². The predicted octanol–water partition coefficient (Wildman–Crippen LogP) is 3.57. The third-order valence-electron chi connectivity index (χ3n) is 1.99. The Hall–Kier alpha value is -1.54. The lowest BCUT2D eigenvalue weighted by Crippen LogP contribution is -1.94. The number of benzene rings is 1. The molecule has 1 aromatic rings. The average Bonchev–Trinajstić information content (AvgIpc) is 2.31. The van der Waals surface area contributed by atoms with Crippen molar-refractivity contribution in [1.29, 1.82) is 0 Å². The van der Waals surface area contributed by atoms with Crippen LogP contribution in [0.5, 0.6) is 0 Å². The van der Waals surface area contributed by atoms with Gasteiger partial charge in [-0.05, 0) is 17.6 Å². The zero-order chi connectivity index (χ0) is 10.5. The van der Waals surface area contributed by atoms with Crippen LogP contribution in [0.3, 0.4) is 0 Å². The Bertz CT molecular complexity index is 441. The molecule has 2 rings (SSSR count). The molecule has 74 valence electrons. The summed E-state index contributed by atoms with van der Waals surface area (Å²) in [5.74, 6) is 0.0538. The Balaban J connectivity index is 2.17. The van der Waals surface area contributed by atoms with Gasteiger partial charge in [0.05, 0.1) is 0 Å². The number of thioether (sulfide) groups is 1. The van der Waals surface area contributed by atoms with Crippen LogP contribution in [-0.4, -0.2) is 5.78 Å². The zero-order valence-electron chi connectivity index (χ0n) is 8.09. The van der Waals surface area contributed by atoms with Gasteiger partial charge in [-0.25, -0.2) is 0 Å². The smallest absolute Gasteiger partial charge is 0.186 e. The first-order chi connectivity index (χ1) is 7.36. The number of carbonyl (C=O) groups is 1. The van der Waals surface area contributed by atoms with Crippen LogP contribution in [0.15, 0.2) is 64.9 Å². The van der Waals surface area contributed by atoms with Crippen LogP contribution in [0.1, 0.15) is 10.4 Å². The third kappa shape index (κ3) is 2.70. The zero-order valence-corrected chi connectivity index (χ0v) is 8.91. The van der Waals surface area contributed by atoms with Crippen LogP contribution < -0.4 is 0 Å². The van der Waals surface area contributed by atoms with Gasteiger partial charge >= 0.3 is 0 Å². The molecule has 0 spiro atoms. The number of carbonyl (C=O) groups excluding carboxylic acids is 1. The van der Waals surface area contributed by atoms with Crippen molar-refractivity contribution in [2.24, 2.45) is 0 Å². The van der Waals surface area contributed by atoms with Crippen molar-refractivity contribution < 1.29 is 4.79 Å².